The van der Waals surface area contributed by atoms with Gasteiger partial charge >= 0.3 is 0 Å². The quantitative estimate of drug-likeness (QED) is 0.424. The fraction of sp³-hybridized carbons (Fsp3) is 0.429. The zero-order valence-corrected chi connectivity index (χ0v) is 21.0. The molecule has 1 spiro atoms. The average molecular weight is 494 g/mol. The summed E-state index contributed by atoms with van der Waals surface area (Å²) in [6, 6.07) is 16.0. The molecule has 7 heteroatoms. The third kappa shape index (κ3) is 4.45. The molecule has 5 rings (SSSR count). The number of amides is 2. The van der Waals surface area contributed by atoms with Gasteiger partial charge in [0.25, 0.3) is 0 Å². The molecule has 0 saturated carbocycles. The van der Waals surface area contributed by atoms with Gasteiger partial charge in [-0.25, -0.2) is 0 Å². The van der Waals surface area contributed by atoms with Gasteiger partial charge in [-0.2, -0.15) is 0 Å². The molecule has 4 atom stereocenters. The van der Waals surface area contributed by atoms with Gasteiger partial charge in [0.2, 0.25) is 11.8 Å². The summed E-state index contributed by atoms with van der Waals surface area (Å²) in [5.41, 5.74) is 2.61. The first kappa shape index (κ1) is 23.9. The molecule has 2 saturated heterocycles. The van der Waals surface area contributed by atoms with Crippen LogP contribution in [0.15, 0.2) is 60.7 Å². The molecule has 2 amide bonds. The third-order valence-electron chi connectivity index (χ3n) is 7.45. The molecule has 0 radical (unpaired) electrons. The van der Waals surface area contributed by atoms with Crippen LogP contribution in [-0.2, 0) is 20.9 Å². The van der Waals surface area contributed by atoms with Crippen LogP contribution in [0.3, 0.4) is 0 Å². The molecule has 3 aliphatic heterocycles. The van der Waals surface area contributed by atoms with E-state index in [1.165, 1.54) is 11.3 Å². The number of likely N-dealkylation sites (tertiary alicyclic amines) is 1. The first-order valence-electron chi connectivity index (χ1n) is 12.4. The number of nitrogens with zero attached hydrogens (tertiary/aromatic N) is 2. The van der Waals surface area contributed by atoms with Crippen LogP contribution in [0.4, 0.5) is 5.69 Å². The predicted octanol–water partition coefficient (Wildman–Crippen LogP) is 3.96. The van der Waals surface area contributed by atoms with E-state index in [1.54, 1.807) is 4.90 Å². The lowest BCUT2D eigenvalue weighted by molar-refractivity contribution is -0.137. The summed E-state index contributed by atoms with van der Waals surface area (Å²) in [5.74, 6) is -1.12. The van der Waals surface area contributed by atoms with E-state index in [1.807, 2.05) is 36.4 Å². The summed E-state index contributed by atoms with van der Waals surface area (Å²) in [5, 5.41) is 3.72. The zero-order valence-electron chi connectivity index (χ0n) is 20.2. The standard InChI is InChI=1S/C28H32ClN3O3/c1-3-31(21-10-6-8-19(2)16-21)15-7-14-30-26(33)24-23-12-13-28(35-23)18-32(27(34)25(24)28)17-20-9-4-5-11-22(20)29/h4-6,8-13,16,23-25H,3,7,14-15,17-18H2,1-2H3,(H,30,33)/t23-,24-,25-,28+/m0/s1. The van der Waals surface area contributed by atoms with Crippen molar-refractivity contribution < 1.29 is 14.3 Å². The fourth-order valence-electron chi connectivity index (χ4n) is 5.74. The number of aryl methyl sites for hydroxylation is 1. The number of halogens is 1. The highest BCUT2D eigenvalue weighted by molar-refractivity contribution is 6.31. The largest absolute Gasteiger partial charge is 0.372 e. The summed E-state index contributed by atoms with van der Waals surface area (Å²) in [7, 11) is 0. The van der Waals surface area contributed by atoms with Crippen molar-refractivity contribution in [2.75, 3.05) is 31.1 Å². The van der Waals surface area contributed by atoms with E-state index in [0.29, 0.717) is 24.7 Å². The zero-order chi connectivity index (χ0) is 24.6. The van der Waals surface area contributed by atoms with Gasteiger partial charge in [-0.3, -0.25) is 9.59 Å². The third-order valence-corrected chi connectivity index (χ3v) is 7.82. The summed E-state index contributed by atoms with van der Waals surface area (Å²) in [6.07, 6.45) is 4.41. The average Bonchev–Trinajstić information content (AvgIpc) is 3.48. The smallest absolute Gasteiger partial charge is 0.230 e. The van der Waals surface area contributed by atoms with Crippen LogP contribution >= 0.6 is 11.6 Å². The highest BCUT2D eigenvalue weighted by Crippen LogP contribution is 2.52. The predicted molar refractivity (Wildman–Crippen MR) is 137 cm³/mol. The molecule has 1 N–H and O–H groups in total. The second kappa shape index (κ2) is 9.67. The Balaban J connectivity index is 1.20. The first-order valence-corrected chi connectivity index (χ1v) is 12.8. The molecule has 6 nitrogen and oxygen atoms in total. The number of carbonyl (C=O) groups is 2. The maximum atomic E-state index is 13.4. The van der Waals surface area contributed by atoms with Gasteiger partial charge in [0.1, 0.15) is 5.60 Å². The van der Waals surface area contributed by atoms with Crippen LogP contribution in [0.2, 0.25) is 5.02 Å². The van der Waals surface area contributed by atoms with E-state index in [4.69, 9.17) is 16.3 Å². The van der Waals surface area contributed by atoms with Gasteiger partial charge in [-0.05, 0) is 49.6 Å². The lowest BCUT2D eigenvalue weighted by Crippen LogP contribution is -2.44. The van der Waals surface area contributed by atoms with Crippen molar-refractivity contribution >= 4 is 29.1 Å². The second-order valence-electron chi connectivity index (χ2n) is 9.75. The minimum absolute atomic E-state index is 0.0338. The normalized spacial score (nSPS) is 26.3. The molecule has 35 heavy (non-hydrogen) atoms. The highest BCUT2D eigenvalue weighted by Gasteiger charge is 2.66. The number of ether oxygens (including phenoxy) is 1. The van der Waals surface area contributed by atoms with E-state index in [-0.39, 0.29) is 17.9 Å². The molecule has 184 valence electrons. The van der Waals surface area contributed by atoms with Gasteiger partial charge in [0, 0.05) is 36.9 Å². The highest BCUT2D eigenvalue weighted by atomic mass is 35.5. The van der Waals surface area contributed by atoms with Crippen LogP contribution in [0, 0.1) is 18.8 Å². The Kier molecular flexibility index (Phi) is 6.60. The number of nitrogens with one attached hydrogen (secondary N) is 1. The van der Waals surface area contributed by atoms with Crippen molar-refractivity contribution in [2.45, 2.75) is 38.5 Å². The Morgan fingerprint density at radius 3 is 2.86 bits per heavy atom. The summed E-state index contributed by atoms with van der Waals surface area (Å²) in [6.45, 7) is 7.41. The van der Waals surface area contributed by atoms with E-state index in [2.05, 4.69) is 48.3 Å². The van der Waals surface area contributed by atoms with Crippen molar-refractivity contribution in [2.24, 2.45) is 11.8 Å². The summed E-state index contributed by atoms with van der Waals surface area (Å²) < 4.78 is 6.24. The van der Waals surface area contributed by atoms with Crippen LogP contribution < -0.4 is 10.2 Å². The Labute approximate surface area is 211 Å². The van der Waals surface area contributed by atoms with Crippen LogP contribution in [0.5, 0.6) is 0 Å². The topological polar surface area (TPSA) is 61.9 Å². The molecule has 3 heterocycles. The minimum atomic E-state index is -0.713. The molecule has 2 fully saturated rings. The number of rotatable bonds is 9. The summed E-state index contributed by atoms with van der Waals surface area (Å²) in [4.78, 5) is 30.8. The molecule has 0 unspecified atom stereocenters. The molecule has 0 aromatic heterocycles. The van der Waals surface area contributed by atoms with Gasteiger partial charge < -0.3 is 19.9 Å². The van der Waals surface area contributed by atoms with Gasteiger partial charge in [-0.15, -0.1) is 0 Å². The Hall–Kier alpha value is -2.83. The van der Waals surface area contributed by atoms with E-state index >= 15 is 0 Å². The fourth-order valence-corrected chi connectivity index (χ4v) is 5.93. The lowest BCUT2D eigenvalue weighted by atomic mass is 9.77. The summed E-state index contributed by atoms with van der Waals surface area (Å²) >= 11 is 6.33. The maximum absolute atomic E-state index is 13.4. The Bertz CT molecular complexity index is 1150. The Morgan fingerprint density at radius 1 is 1.26 bits per heavy atom. The molecular weight excluding hydrogens is 462 g/mol. The minimum Gasteiger partial charge on any atom is -0.372 e. The molecule has 0 aliphatic carbocycles. The van der Waals surface area contributed by atoms with Crippen molar-refractivity contribution in [1.82, 2.24) is 10.2 Å². The number of anilines is 1. The first-order chi connectivity index (χ1) is 16.9. The van der Waals surface area contributed by atoms with Gasteiger partial charge in [0.15, 0.2) is 0 Å². The van der Waals surface area contributed by atoms with Crippen LogP contribution in [0.25, 0.3) is 0 Å². The molecule has 3 aliphatic rings. The van der Waals surface area contributed by atoms with Crippen molar-refractivity contribution in [3.05, 3.63) is 76.8 Å². The van der Waals surface area contributed by atoms with Crippen molar-refractivity contribution in [1.29, 1.82) is 0 Å². The number of hydrogen-bond acceptors (Lipinski definition) is 4. The van der Waals surface area contributed by atoms with Crippen molar-refractivity contribution in [3.8, 4) is 0 Å². The SMILES string of the molecule is CCN(CCCNC(=O)[C@H]1[C@@H]2C=C[C@]3(CN(Cc4ccccc4Cl)C(=O)[C@H]13)O2)c1cccc(C)c1. The lowest BCUT2D eigenvalue weighted by Gasteiger charge is -2.25. The monoisotopic (exact) mass is 493 g/mol. The van der Waals surface area contributed by atoms with Gasteiger partial charge in [-0.1, -0.05) is 54.1 Å². The van der Waals surface area contributed by atoms with Crippen LogP contribution in [0.1, 0.15) is 24.5 Å². The maximum Gasteiger partial charge on any atom is 0.230 e. The number of carbonyl (C=O) groups excluding carboxylic acids is 2. The van der Waals surface area contributed by atoms with Crippen LogP contribution in [-0.4, -0.2) is 54.6 Å². The molecular formula is C28H32ClN3O3. The van der Waals surface area contributed by atoms with E-state index in [9.17, 15) is 9.59 Å². The number of fused-ring (bicyclic) bond motifs is 1. The molecule has 2 aromatic carbocycles. The molecule has 2 bridgehead atoms. The van der Waals surface area contributed by atoms with Gasteiger partial charge in [0.05, 0.1) is 24.5 Å². The number of hydrogen-bond donors (Lipinski definition) is 1. The second-order valence-corrected chi connectivity index (χ2v) is 10.2. The number of benzene rings is 2. The molecule has 2 aromatic rings. The van der Waals surface area contributed by atoms with E-state index < -0.39 is 17.4 Å². The Morgan fingerprint density at radius 2 is 2.09 bits per heavy atom. The van der Waals surface area contributed by atoms with E-state index in [0.717, 1.165) is 25.1 Å². The van der Waals surface area contributed by atoms with Crippen molar-refractivity contribution in [3.63, 3.8) is 0 Å².